The van der Waals surface area contributed by atoms with Crippen molar-refractivity contribution >= 4 is 22.9 Å². The summed E-state index contributed by atoms with van der Waals surface area (Å²) < 4.78 is 5.24. The number of aliphatic imine (C=N–C) groups is 1. The lowest BCUT2D eigenvalue weighted by Crippen LogP contribution is -2.28. The first-order chi connectivity index (χ1) is 12.9. The molecule has 4 nitrogen and oxygen atoms in total. The number of para-hydroxylation sites is 1. The zero-order chi connectivity index (χ0) is 19.6. The minimum absolute atomic E-state index is 0.00756. The number of anilines is 1. The van der Waals surface area contributed by atoms with Crippen LogP contribution in [0, 0.1) is 5.92 Å². The Bertz CT molecular complexity index is 870. The monoisotopic (exact) mass is 364 g/mol. The molecule has 0 spiro atoms. The smallest absolute Gasteiger partial charge is 0.162 e. The third-order valence-electron chi connectivity index (χ3n) is 5.21. The van der Waals surface area contributed by atoms with Gasteiger partial charge in [0.2, 0.25) is 0 Å². The second-order valence-corrected chi connectivity index (χ2v) is 7.58. The van der Waals surface area contributed by atoms with Crippen molar-refractivity contribution in [3.63, 3.8) is 0 Å². The normalized spacial score (nSPS) is 16.6. The molecule has 142 valence electrons. The van der Waals surface area contributed by atoms with Crippen LogP contribution in [0.2, 0.25) is 0 Å². The zero-order valence-electron chi connectivity index (χ0n) is 16.8. The van der Waals surface area contributed by atoms with E-state index in [2.05, 4.69) is 43.0 Å². The Kier molecular flexibility index (Phi) is 5.64. The average Bonchev–Trinajstić information content (AvgIpc) is 3.00. The third kappa shape index (κ3) is 4.05. The van der Waals surface area contributed by atoms with Crippen molar-refractivity contribution < 1.29 is 9.53 Å². The summed E-state index contributed by atoms with van der Waals surface area (Å²) in [6.45, 7) is 9.91. The number of nitrogens with zero attached hydrogens (tertiary/aromatic N) is 2. The second kappa shape index (κ2) is 7.95. The van der Waals surface area contributed by atoms with Crippen LogP contribution in [-0.4, -0.2) is 31.7 Å². The number of carbonyl (C=O) groups is 1. The van der Waals surface area contributed by atoms with E-state index in [-0.39, 0.29) is 5.78 Å². The number of rotatable bonds is 6. The lowest BCUT2D eigenvalue weighted by Gasteiger charge is -2.21. The quantitative estimate of drug-likeness (QED) is 0.519. The van der Waals surface area contributed by atoms with Gasteiger partial charge in [0.05, 0.1) is 19.3 Å². The van der Waals surface area contributed by atoms with Gasteiger partial charge in [-0.25, -0.2) is 0 Å². The maximum absolute atomic E-state index is 12.0. The van der Waals surface area contributed by atoms with Gasteiger partial charge in [-0.1, -0.05) is 32.0 Å². The average molecular weight is 364 g/mol. The van der Waals surface area contributed by atoms with Crippen molar-refractivity contribution in [2.45, 2.75) is 33.6 Å². The largest absolute Gasteiger partial charge is 0.497 e. The van der Waals surface area contributed by atoms with Gasteiger partial charge in [-0.2, -0.15) is 0 Å². The first kappa shape index (κ1) is 19.2. The standard InChI is InChI=1S/C23H28N2O2/c1-15(2)21-14-25(23-9-7-6-8-19(21)23)13-16(3)24-22-11-10-18(27-5)12-20(22)17(4)26/h6-12,15,21H,13-14H2,1-5H3/b24-16+. The molecule has 0 amide bonds. The van der Waals surface area contributed by atoms with Crippen LogP contribution in [0.25, 0.3) is 0 Å². The predicted octanol–water partition coefficient (Wildman–Crippen LogP) is 5.25. The van der Waals surface area contributed by atoms with Crippen LogP contribution in [0.4, 0.5) is 11.4 Å². The topological polar surface area (TPSA) is 41.9 Å². The first-order valence-corrected chi connectivity index (χ1v) is 9.47. The van der Waals surface area contributed by atoms with Crippen LogP contribution in [0.3, 0.4) is 0 Å². The van der Waals surface area contributed by atoms with Crippen LogP contribution in [0.15, 0.2) is 47.5 Å². The number of fused-ring (bicyclic) bond motifs is 1. The number of ether oxygens (including phenoxy) is 1. The molecule has 0 aliphatic carbocycles. The van der Waals surface area contributed by atoms with E-state index in [1.165, 1.54) is 11.3 Å². The minimum Gasteiger partial charge on any atom is -0.497 e. The lowest BCUT2D eigenvalue weighted by atomic mass is 9.90. The van der Waals surface area contributed by atoms with Crippen molar-refractivity contribution in [2.75, 3.05) is 25.1 Å². The van der Waals surface area contributed by atoms with E-state index in [1.54, 1.807) is 20.1 Å². The summed E-state index contributed by atoms with van der Waals surface area (Å²) in [6.07, 6.45) is 0. The SMILES string of the molecule is COc1ccc(/N=C(\C)CN2CC(C(C)C)c3ccccc32)c(C(C)=O)c1. The molecule has 27 heavy (non-hydrogen) atoms. The maximum Gasteiger partial charge on any atom is 0.162 e. The molecule has 0 N–H and O–H groups in total. The summed E-state index contributed by atoms with van der Waals surface area (Å²) in [6, 6.07) is 14.1. The van der Waals surface area contributed by atoms with Gasteiger partial charge in [0, 0.05) is 29.4 Å². The summed E-state index contributed by atoms with van der Waals surface area (Å²) in [5.74, 6) is 1.80. The molecule has 1 heterocycles. The Morgan fingerprint density at radius 3 is 2.63 bits per heavy atom. The molecule has 0 fully saturated rings. The minimum atomic E-state index is -0.00756. The van der Waals surface area contributed by atoms with E-state index >= 15 is 0 Å². The molecule has 3 rings (SSSR count). The highest BCUT2D eigenvalue weighted by Crippen LogP contribution is 2.40. The summed E-state index contributed by atoms with van der Waals surface area (Å²) in [4.78, 5) is 19.2. The number of carbonyl (C=O) groups excluding carboxylic acids is 1. The van der Waals surface area contributed by atoms with Gasteiger partial charge >= 0.3 is 0 Å². The second-order valence-electron chi connectivity index (χ2n) is 7.58. The fraction of sp³-hybridized carbons (Fsp3) is 0.391. The van der Waals surface area contributed by atoms with Gasteiger partial charge in [0.1, 0.15) is 5.75 Å². The molecule has 1 aliphatic heterocycles. The summed E-state index contributed by atoms with van der Waals surface area (Å²) >= 11 is 0. The number of benzene rings is 2. The van der Waals surface area contributed by atoms with Crippen molar-refractivity contribution in [2.24, 2.45) is 10.9 Å². The van der Waals surface area contributed by atoms with Gasteiger partial charge in [0.25, 0.3) is 0 Å². The fourth-order valence-electron chi connectivity index (χ4n) is 3.78. The number of methoxy groups -OCH3 is 1. The van der Waals surface area contributed by atoms with E-state index in [0.29, 0.717) is 28.8 Å². The van der Waals surface area contributed by atoms with Crippen molar-refractivity contribution in [3.05, 3.63) is 53.6 Å². The maximum atomic E-state index is 12.0. The Morgan fingerprint density at radius 1 is 1.22 bits per heavy atom. The lowest BCUT2D eigenvalue weighted by molar-refractivity contribution is 0.101. The molecule has 4 heteroatoms. The summed E-state index contributed by atoms with van der Waals surface area (Å²) in [5, 5.41) is 0. The molecular formula is C23H28N2O2. The first-order valence-electron chi connectivity index (χ1n) is 9.47. The molecule has 1 atom stereocenters. The van der Waals surface area contributed by atoms with Crippen LogP contribution in [-0.2, 0) is 0 Å². The number of Topliss-reactive ketones (excluding diaryl/α,β-unsaturated/α-hetero) is 1. The highest BCUT2D eigenvalue weighted by Gasteiger charge is 2.30. The Labute approximate surface area is 161 Å². The number of hydrogen-bond acceptors (Lipinski definition) is 4. The van der Waals surface area contributed by atoms with Crippen molar-refractivity contribution in [1.29, 1.82) is 0 Å². The van der Waals surface area contributed by atoms with Crippen LogP contribution < -0.4 is 9.64 Å². The van der Waals surface area contributed by atoms with Crippen LogP contribution in [0.1, 0.15) is 49.5 Å². The third-order valence-corrected chi connectivity index (χ3v) is 5.21. The van der Waals surface area contributed by atoms with E-state index in [4.69, 9.17) is 9.73 Å². The summed E-state index contributed by atoms with van der Waals surface area (Å²) in [5.41, 5.74) is 5.01. The fourth-order valence-corrected chi connectivity index (χ4v) is 3.78. The molecule has 2 aromatic rings. The van der Waals surface area contributed by atoms with Gasteiger partial charge in [-0.15, -0.1) is 0 Å². The molecule has 1 unspecified atom stereocenters. The van der Waals surface area contributed by atoms with Gasteiger partial charge in [-0.3, -0.25) is 9.79 Å². The predicted molar refractivity (Wildman–Crippen MR) is 112 cm³/mol. The van der Waals surface area contributed by atoms with Crippen molar-refractivity contribution in [1.82, 2.24) is 0 Å². The Hall–Kier alpha value is -2.62. The molecule has 0 saturated carbocycles. The Morgan fingerprint density at radius 2 is 1.96 bits per heavy atom. The summed E-state index contributed by atoms with van der Waals surface area (Å²) in [7, 11) is 1.60. The molecule has 1 aliphatic rings. The molecule has 0 bridgehead atoms. The van der Waals surface area contributed by atoms with E-state index in [1.807, 2.05) is 19.1 Å². The highest BCUT2D eigenvalue weighted by molar-refractivity contribution is 6.01. The van der Waals surface area contributed by atoms with E-state index in [0.717, 1.165) is 18.8 Å². The molecule has 0 radical (unpaired) electrons. The number of hydrogen-bond donors (Lipinski definition) is 0. The van der Waals surface area contributed by atoms with E-state index < -0.39 is 0 Å². The van der Waals surface area contributed by atoms with Gasteiger partial charge < -0.3 is 9.64 Å². The van der Waals surface area contributed by atoms with Gasteiger partial charge in [-0.05, 0) is 49.6 Å². The molecule has 2 aromatic carbocycles. The van der Waals surface area contributed by atoms with E-state index in [9.17, 15) is 4.79 Å². The molecular weight excluding hydrogens is 336 g/mol. The van der Waals surface area contributed by atoms with Crippen LogP contribution in [0.5, 0.6) is 5.75 Å². The Balaban J connectivity index is 1.86. The molecule has 0 aromatic heterocycles. The number of ketones is 1. The highest BCUT2D eigenvalue weighted by atomic mass is 16.5. The molecule has 0 saturated heterocycles. The zero-order valence-corrected chi connectivity index (χ0v) is 16.8. The van der Waals surface area contributed by atoms with Gasteiger partial charge in [0.15, 0.2) is 5.78 Å². The van der Waals surface area contributed by atoms with Crippen molar-refractivity contribution in [3.8, 4) is 5.75 Å². The van der Waals surface area contributed by atoms with Crippen LogP contribution >= 0.6 is 0 Å².